The SMILES string of the molecule is CCN(CC(=O)NC(C)C)C(=O)c1cnn(-c2ccc(F)cc2)c1C. The molecule has 25 heavy (non-hydrogen) atoms. The van der Waals surface area contributed by atoms with Crippen LogP contribution in [0.2, 0.25) is 0 Å². The van der Waals surface area contributed by atoms with Crippen LogP contribution in [0.4, 0.5) is 4.39 Å². The zero-order valence-corrected chi connectivity index (χ0v) is 14.9. The van der Waals surface area contributed by atoms with Crippen molar-refractivity contribution in [2.75, 3.05) is 13.1 Å². The summed E-state index contributed by atoms with van der Waals surface area (Å²) in [4.78, 5) is 26.2. The first-order valence-corrected chi connectivity index (χ1v) is 8.22. The zero-order chi connectivity index (χ0) is 18.6. The number of hydrogen-bond acceptors (Lipinski definition) is 3. The van der Waals surface area contributed by atoms with Crippen LogP contribution in [0.1, 0.15) is 36.8 Å². The number of amides is 2. The molecule has 0 spiro atoms. The topological polar surface area (TPSA) is 67.2 Å². The molecule has 6 nitrogen and oxygen atoms in total. The molecule has 0 fully saturated rings. The van der Waals surface area contributed by atoms with E-state index in [1.165, 1.54) is 23.2 Å². The maximum atomic E-state index is 13.1. The number of aromatic nitrogens is 2. The molecule has 1 aromatic heterocycles. The van der Waals surface area contributed by atoms with Gasteiger partial charge in [-0.2, -0.15) is 5.10 Å². The van der Waals surface area contributed by atoms with Gasteiger partial charge in [0.1, 0.15) is 5.82 Å². The van der Waals surface area contributed by atoms with E-state index < -0.39 is 0 Å². The lowest BCUT2D eigenvalue weighted by Gasteiger charge is -2.21. The van der Waals surface area contributed by atoms with Crippen LogP contribution in [0.3, 0.4) is 0 Å². The molecule has 0 aliphatic heterocycles. The van der Waals surface area contributed by atoms with Gasteiger partial charge < -0.3 is 10.2 Å². The number of likely N-dealkylation sites (N-methyl/N-ethyl adjacent to an activating group) is 1. The van der Waals surface area contributed by atoms with Gasteiger partial charge in [0.15, 0.2) is 0 Å². The second-order valence-electron chi connectivity index (χ2n) is 6.07. The Hall–Kier alpha value is -2.70. The fourth-order valence-electron chi connectivity index (χ4n) is 2.50. The van der Waals surface area contributed by atoms with Gasteiger partial charge in [0, 0.05) is 12.6 Å². The van der Waals surface area contributed by atoms with Crippen LogP contribution in [0.25, 0.3) is 5.69 Å². The fourth-order valence-corrected chi connectivity index (χ4v) is 2.50. The third-order valence-corrected chi connectivity index (χ3v) is 3.76. The number of carbonyl (C=O) groups excluding carboxylic acids is 2. The van der Waals surface area contributed by atoms with Crippen LogP contribution in [-0.2, 0) is 4.79 Å². The van der Waals surface area contributed by atoms with E-state index in [9.17, 15) is 14.0 Å². The normalized spacial score (nSPS) is 10.8. The average molecular weight is 346 g/mol. The molecule has 1 aromatic carbocycles. The van der Waals surface area contributed by atoms with E-state index in [0.29, 0.717) is 23.5 Å². The Labute approximate surface area is 146 Å². The monoisotopic (exact) mass is 346 g/mol. The van der Waals surface area contributed by atoms with E-state index >= 15 is 0 Å². The van der Waals surface area contributed by atoms with Crippen LogP contribution in [-0.4, -0.2) is 45.6 Å². The van der Waals surface area contributed by atoms with Crippen molar-refractivity contribution in [3.63, 3.8) is 0 Å². The van der Waals surface area contributed by atoms with Gasteiger partial charge in [-0.05, 0) is 52.0 Å². The standard InChI is InChI=1S/C18H23FN4O2/c1-5-22(11-17(24)21-12(2)3)18(25)16-10-20-23(13(16)4)15-8-6-14(19)7-9-15/h6-10,12H,5,11H2,1-4H3,(H,21,24). The number of hydrogen-bond donors (Lipinski definition) is 1. The summed E-state index contributed by atoms with van der Waals surface area (Å²) in [5.74, 6) is -0.792. The molecular formula is C18H23FN4O2. The van der Waals surface area contributed by atoms with Gasteiger partial charge in [0.05, 0.1) is 29.7 Å². The van der Waals surface area contributed by atoms with Gasteiger partial charge in [0.2, 0.25) is 5.91 Å². The first kappa shape index (κ1) is 18.6. The fraction of sp³-hybridized carbons (Fsp3) is 0.389. The highest BCUT2D eigenvalue weighted by Crippen LogP contribution is 2.16. The highest BCUT2D eigenvalue weighted by molar-refractivity contribution is 5.97. The summed E-state index contributed by atoms with van der Waals surface area (Å²) in [5.41, 5.74) is 1.72. The number of carbonyl (C=O) groups is 2. The van der Waals surface area contributed by atoms with Crippen LogP contribution in [0.5, 0.6) is 0 Å². The second-order valence-corrected chi connectivity index (χ2v) is 6.07. The molecule has 0 aliphatic rings. The van der Waals surface area contributed by atoms with Gasteiger partial charge in [-0.1, -0.05) is 0 Å². The van der Waals surface area contributed by atoms with Crippen LogP contribution in [0, 0.1) is 12.7 Å². The summed E-state index contributed by atoms with van der Waals surface area (Å²) in [6, 6.07) is 5.89. The Kier molecular flexibility index (Phi) is 5.90. The van der Waals surface area contributed by atoms with E-state index in [1.807, 2.05) is 20.8 Å². The summed E-state index contributed by atoms with van der Waals surface area (Å²) < 4.78 is 14.6. The van der Waals surface area contributed by atoms with Crippen molar-refractivity contribution >= 4 is 11.8 Å². The van der Waals surface area contributed by atoms with Crippen molar-refractivity contribution in [3.8, 4) is 5.69 Å². The lowest BCUT2D eigenvalue weighted by molar-refractivity contribution is -0.122. The maximum absolute atomic E-state index is 13.1. The number of nitrogens with one attached hydrogen (secondary N) is 1. The van der Waals surface area contributed by atoms with Crippen molar-refractivity contribution in [1.29, 1.82) is 0 Å². The zero-order valence-electron chi connectivity index (χ0n) is 14.9. The lowest BCUT2D eigenvalue weighted by atomic mass is 10.2. The van der Waals surface area contributed by atoms with E-state index in [0.717, 1.165) is 0 Å². The average Bonchev–Trinajstić information content (AvgIpc) is 2.93. The van der Waals surface area contributed by atoms with Crippen molar-refractivity contribution in [2.45, 2.75) is 33.7 Å². The minimum absolute atomic E-state index is 0.00528. The molecule has 1 heterocycles. The molecule has 0 atom stereocenters. The summed E-state index contributed by atoms with van der Waals surface area (Å²) in [5, 5.41) is 7.00. The highest BCUT2D eigenvalue weighted by atomic mass is 19.1. The predicted molar refractivity (Wildman–Crippen MR) is 93.1 cm³/mol. The first-order valence-electron chi connectivity index (χ1n) is 8.22. The third-order valence-electron chi connectivity index (χ3n) is 3.76. The number of halogens is 1. The molecule has 0 bridgehead atoms. The van der Waals surface area contributed by atoms with E-state index in [4.69, 9.17) is 0 Å². The quantitative estimate of drug-likeness (QED) is 0.873. The van der Waals surface area contributed by atoms with Gasteiger partial charge in [-0.3, -0.25) is 9.59 Å². The van der Waals surface area contributed by atoms with Gasteiger partial charge in [0.25, 0.3) is 5.91 Å². The van der Waals surface area contributed by atoms with Crippen molar-refractivity contribution in [1.82, 2.24) is 20.0 Å². The molecule has 0 saturated carbocycles. The number of nitrogens with zero attached hydrogens (tertiary/aromatic N) is 3. The molecule has 134 valence electrons. The molecule has 0 radical (unpaired) electrons. The summed E-state index contributed by atoms with van der Waals surface area (Å²) in [7, 11) is 0. The smallest absolute Gasteiger partial charge is 0.257 e. The van der Waals surface area contributed by atoms with E-state index in [2.05, 4.69) is 10.4 Å². The molecule has 1 N–H and O–H groups in total. The Morgan fingerprint density at radius 3 is 2.48 bits per heavy atom. The minimum atomic E-state index is -0.335. The Morgan fingerprint density at radius 2 is 1.92 bits per heavy atom. The molecule has 2 amide bonds. The van der Waals surface area contributed by atoms with Crippen LogP contribution >= 0.6 is 0 Å². The highest BCUT2D eigenvalue weighted by Gasteiger charge is 2.22. The van der Waals surface area contributed by atoms with E-state index in [-0.39, 0.29) is 30.2 Å². The molecule has 0 saturated heterocycles. The van der Waals surface area contributed by atoms with E-state index in [1.54, 1.807) is 23.7 Å². The summed E-state index contributed by atoms with van der Waals surface area (Å²) in [6.07, 6.45) is 1.48. The maximum Gasteiger partial charge on any atom is 0.257 e. The second kappa shape index (κ2) is 7.92. The molecule has 2 aromatic rings. The van der Waals surface area contributed by atoms with Crippen LogP contribution < -0.4 is 5.32 Å². The predicted octanol–water partition coefficient (Wildman–Crippen LogP) is 2.31. The Balaban J connectivity index is 2.21. The summed E-state index contributed by atoms with van der Waals surface area (Å²) >= 11 is 0. The third kappa shape index (κ3) is 4.43. The lowest BCUT2D eigenvalue weighted by Crippen LogP contribution is -2.42. The molecule has 2 rings (SSSR count). The summed E-state index contributed by atoms with van der Waals surface area (Å²) in [6.45, 7) is 7.73. The number of rotatable bonds is 6. The molecular weight excluding hydrogens is 323 g/mol. The first-order chi connectivity index (χ1) is 11.8. The molecule has 7 heteroatoms. The van der Waals surface area contributed by atoms with Gasteiger partial charge in [-0.15, -0.1) is 0 Å². The van der Waals surface area contributed by atoms with Crippen LogP contribution in [0.15, 0.2) is 30.5 Å². The molecule has 0 aliphatic carbocycles. The molecule has 0 unspecified atom stereocenters. The Bertz CT molecular complexity index is 753. The van der Waals surface area contributed by atoms with Crippen molar-refractivity contribution in [2.24, 2.45) is 0 Å². The largest absolute Gasteiger partial charge is 0.352 e. The minimum Gasteiger partial charge on any atom is -0.352 e. The van der Waals surface area contributed by atoms with Gasteiger partial charge in [-0.25, -0.2) is 9.07 Å². The number of benzene rings is 1. The van der Waals surface area contributed by atoms with Crippen molar-refractivity contribution in [3.05, 3.63) is 47.5 Å². The van der Waals surface area contributed by atoms with Crippen molar-refractivity contribution < 1.29 is 14.0 Å². The van der Waals surface area contributed by atoms with Gasteiger partial charge >= 0.3 is 0 Å². The Morgan fingerprint density at radius 1 is 1.28 bits per heavy atom.